The molecule has 1 heterocycles. The highest BCUT2D eigenvalue weighted by Crippen LogP contribution is 2.27. The lowest BCUT2D eigenvalue weighted by Gasteiger charge is -2.27. The Hall–Kier alpha value is -2.47. The summed E-state index contributed by atoms with van der Waals surface area (Å²) in [4.78, 5) is 11.3. The summed E-state index contributed by atoms with van der Waals surface area (Å²) < 4.78 is 61.1. The monoisotopic (exact) mass is 467 g/mol. The van der Waals surface area contributed by atoms with Crippen molar-refractivity contribution < 1.29 is 26.4 Å². The molecule has 2 aromatic carbocycles. The number of amides is 1. The predicted octanol–water partition coefficient (Wildman–Crippen LogP) is 2.08. The third kappa shape index (κ3) is 5.24. The summed E-state index contributed by atoms with van der Waals surface area (Å²) >= 11 is 0. The molecule has 31 heavy (non-hydrogen) atoms. The molecule has 0 radical (unpaired) electrons. The standard InChI is InChI=1S/C20H25N3O6S2/c1-14-4-6-17(21-16(3)24)12-19(14)30(25,26)22-18-7-5-15(2)20(13-18)31(27,28)23-8-10-29-11-9-23/h4-7,12-13,22H,8-11H2,1-3H3,(H,21,24). The maximum atomic E-state index is 13.1. The van der Waals surface area contributed by atoms with Gasteiger partial charge in [-0.15, -0.1) is 0 Å². The van der Waals surface area contributed by atoms with Gasteiger partial charge in [0.1, 0.15) is 0 Å². The molecule has 168 valence electrons. The zero-order chi connectivity index (χ0) is 22.8. The highest BCUT2D eigenvalue weighted by molar-refractivity contribution is 7.92. The molecule has 1 fully saturated rings. The second-order valence-electron chi connectivity index (χ2n) is 7.26. The van der Waals surface area contributed by atoms with Gasteiger partial charge in [0.15, 0.2) is 0 Å². The summed E-state index contributed by atoms with van der Waals surface area (Å²) in [6.45, 7) is 5.74. The number of morpholine rings is 1. The van der Waals surface area contributed by atoms with Crippen LogP contribution in [0, 0.1) is 13.8 Å². The minimum absolute atomic E-state index is 0.0167. The minimum atomic E-state index is -4.03. The van der Waals surface area contributed by atoms with E-state index in [1.807, 2.05) is 0 Å². The van der Waals surface area contributed by atoms with Gasteiger partial charge < -0.3 is 10.1 Å². The first-order valence-corrected chi connectivity index (χ1v) is 12.5. The number of carbonyl (C=O) groups excluding carboxylic acids is 1. The number of anilines is 2. The summed E-state index contributed by atoms with van der Waals surface area (Å²) in [6.07, 6.45) is 0. The van der Waals surface area contributed by atoms with Crippen molar-refractivity contribution in [1.29, 1.82) is 0 Å². The van der Waals surface area contributed by atoms with E-state index in [1.165, 1.54) is 29.4 Å². The summed E-state index contributed by atoms with van der Waals surface area (Å²) in [5.74, 6) is -0.323. The van der Waals surface area contributed by atoms with Crippen LogP contribution in [0.5, 0.6) is 0 Å². The van der Waals surface area contributed by atoms with Crippen LogP contribution in [-0.4, -0.2) is 53.4 Å². The molecule has 2 aromatic rings. The smallest absolute Gasteiger partial charge is 0.262 e. The van der Waals surface area contributed by atoms with E-state index in [2.05, 4.69) is 10.0 Å². The van der Waals surface area contributed by atoms with Crippen LogP contribution in [0.25, 0.3) is 0 Å². The molecule has 1 aliphatic heterocycles. The van der Waals surface area contributed by atoms with Crippen molar-refractivity contribution in [3.8, 4) is 0 Å². The minimum Gasteiger partial charge on any atom is -0.379 e. The SMILES string of the molecule is CC(=O)Nc1ccc(C)c(S(=O)(=O)Nc2ccc(C)c(S(=O)(=O)N3CCOCC3)c2)c1. The van der Waals surface area contributed by atoms with Gasteiger partial charge >= 0.3 is 0 Å². The maximum absolute atomic E-state index is 13.1. The van der Waals surface area contributed by atoms with Gasteiger partial charge in [-0.2, -0.15) is 4.31 Å². The third-order valence-corrected chi connectivity index (χ3v) is 8.39. The second kappa shape index (κ2) is 8.95. The van der Waals surface area contributed by atoms with E-state index in [0.29, 0.717) is 30.0 Å². The summed E-state index contributed by atoms with van der Waals surface area (Å²) in [6, 6.07) is 8.95. The fourth-order valence-electron chi connectivity index (χ4n) is 3.25. The number of carbonyl (C=O) groups is 1. The Morgan fingerprint density at radius 1 is 0.903 bits per heavy atom. The Morgan fingerprint density at radius 2 is 1.45 bits per heavy atom. The predicted molar refractivity (Wildman–Crippen MR) is 117 cm³/mol. The average Bonchev–Trinajstić information content (AvgIpc) is 2.71. The molecule has 1 aliphatic rings. The summed E-state index contributed by atoms with van der Waals surface area (Å²) in [5, 5.41) is 2.55. The number of benzene rings is 2. The van der Waals surface area contributed by atoms with Gasteiger partial charge in [0.25, 0.3) is 10.0 Å². The molecular weight excluding hydrogens is 442 g/mol. The molecule has 1 saturated heterocycles. The molecule has 3 rings (SSSR count). The maximum Gasteiger partial charge on any atom is 0.262 e. The fourth-order valence-corrected chi connectivity index (χ4v) is 6.23. The Labute approximate surface area is 182 Å². The number of nitrogens with zero attached hydrogens (tertiary/aromatic N) is 1. The number of rotatable bonds is 6. The van der Waals surface area contributed by atoms with Crippen molar-refractivity contribution in [2.75, 3.05) is 36.3 Å². The molecule has 0 bridgehead atoms. The highest BCUT2D eigenvalue weighted by atomic mass is 32.2. The normalized spacial score (nSPS) is 15.5. The van der Waals surface area contributed by atoms with Gasteiger partial charge in [-0.05, 0) is 49.2 Å². The zero-order valence-electron chi connectivity index (χ0n) is 17.5. The lowest BCUT2D eigenvalue weighted by atomic mass is 10.2. The molecular formula is C20H25N3O6S2. The molecule has 1 amide bonds. The first kappa shape index (κ1) is 23.2. The number of ether oxygens (including phenoxy) is 1. The quantitative estimate of drug-likeness (QED) is 0.671. The number of nitrogens with one attached hydrogen (secondary N) is 2. The zero-order valence-corrected chi connectivity index (χ0v) is 19.1. The van der Waals surface area contributed by atoms with E-state index in [4.69, 9.17) is 4.74 Å². The van der Waals surface area contributed by atoms with Crippen LogP contribution in [0.3, 0.4) is 0 Å². The van der Waals surface area contributed by atoms with Gasteiger partial charge in [-0.1, -0.05) is 12.1 Å². The number of hydrogen-bond donors (Lipinski definition) is 2. The van der Waals surface area contributed by atoms with Crippen LogP contribution >= 0.6 is 0 Å². The molecule has 0 atom stereocenters. The Bertz CT molecular complexity index is 1200. The van der Waals surface area contributed by atoms with E-state index in [9.17, 15) is 21.6 Å². The molecule has 0 spiro atoms. The van der Waals surface area contributed by atoms with Crippen LogP contribution in [0.15, 0.2) is 46.2 Å². The molecule has 11 heteroatoms. The Balaban J connectivity index is 1.94. The van der Waals surface area contributed by atoms with Crippen LogP contribution in [-0.2, 0) is 29.6 Å². The van der Waals surface area contributed by atoms with Crippen molar-refractivity contribution >= 4 is 37.3 Å². The van der Waals surface area contributed by atoms with Gasteiger partial charge in [0.2, 0.25) is 15.9 Å². The average molecular weight is 468 g/mol. The van der Waals surface area contributed by atoms with E-state index < -0.39 is 20.0 Å². The van der Waals surface area contributed by atoms with E-state index in [1.54, 1.807) is 32.0 Å². The van der Waals surface area contributed by atoms with Crippen molar-refractivity contribution in [3.05, 3.63) is 47.5 Å². The highest BCUT2D eigenvalue weighted by Gasteiger charge is 2.28. The first-order valence-electron chi connectivity index (χ1n) is 9.60. The molecule has 0 aliphatic carbocycles. The molecule has 2 N–H and O–H groups in total. The molecule has 0 aromatic heterocycles. The van der Waals surface area contributed by atoms with Crippen LogP contribution < -0.4 is 10.0 Å². The molecule has 0 unspecified atom stereocenters. The van der Waals surface area contributed by atoms with Crippen molar-refractivity contribution in [2.24, 2.45) is 0 Å². The van der Waals surface area contributed by atoms with Crippen LogP contribution in [0.1, 0.15) is 18.1 Å². The van der Waals surface area contributed by atoms with Crippen LogP contribution in [0.2, 0.25) is 0 Å². The summed E-state index contributed by atoms with van der Waals surface area (Å²) in [7, 11) is -7.82. The second-order valence-corrected chi connectivity index (χ2v) is 10.8. The van der Waals surface area contributed by atoms with Crippen molar-refractivity contribution in [2.45, 2.75) is 30.6 Å². The van der Waals surface area contributed by atoms with Crippen molar-refractivity contribution in [3.63, 3.8) is 0 Å². The van der Waals surface area contributed by atoms with Crippen molar-refractivity contribution in [1.82, 2.24) is 4.31 Å². The fraction of sp³-hybridized carbons (Fsp3) is 0.350. The van der Waals surface area contributed by atoms with Crippen LogP contribution in [0.4, 0.5) is 11.4 Å². The molecule has 9 nitrogen and oxygen atoms in total. The van der Waals surface area contributed by atoms with Gasteiger partial charge in [-0.25, -0.2) is 16.8 Å². The van der Waals surface area contributed by atoms with E-state index >= 15 is 0 Å². The lowest BCUT2D eigenvalue weighted by molar-refractivity contribution is -0.114. The van der Waals surface area contributed by atoms with Gasteiger partial charge in [0.05, 0.1) is 28.7 Å². The van der Waals surface area contributed by atoms with Gasteiger partial charge in [-0.3, -0.25) is 9.52 Å². The largest absolute Gasteiger partial charge is 0.379 e. The summed E-state index contributed by atoms with van der Waals surface area (Å²) in [5.41, 5.74) is 1.47. The third-order valence-electron chi connectivity index (χ3n) is 4.83. The Morgan fingerprint density at radius 3 is 2.06 bits per heavy atom. The first-order chi connectivity index (χ1) is 14.5. The number of hydrogen-bond acceptors (Lipinski definition) is 6. The topological polar surface area (TPSA) is 122 Å². The lowest BCUT2D eigenvalue weighted by Crippen LogP contribution is -2.40. The van der Waals surface area contributed by atoms with E-state index in [0.717, 1.165) is 0 Å². The Kier molecular flexibility index (Phi) is 6.70. The van der Waals surface area contributed by atoms with Gasteiger partial charge in [0, 0.05) is 25.7 Å². The number of aryl methyl sites for hydroxylation is 2. The van der Waals surface area contributed by atoms with E-state index in [-0.39, 0.29) is 34.5 Å². The number of sulfonamides is 2. The molecule has 0 saturated carbocycles.